The van der Waals surface area contributed by atoms with Gasteiger partial charge in [-0.25, -0.2) is 0 Å². The molecule has 0 bridgehead atoms. The Labute approximate surface area is 71.4 Å². The number of ether oxygens (including phenoxy) is 1. The molecule has 0 aliphatic heterocycles. The van der Waals surface area contributed by atoms with Crippen LogP contribution in [0.2, 0.25) is 0 Å². The predicted octanol–water partition coefficient (Wildman–Crippen LogP) is 0.991. The first kappa shape index (κ1) is 10.4. The molecule has 0 saturated carbocycles. The molecular formula is C8H10N2O2. The summed E-state index contributed by atoms with van der Waals surface area (Å²) in [6.45, 7) is 3.71. The van der Waals surface area contributed by atoms with E-state index in [0.29, 0.717) is 0 Å². The number of nitriles is 2. The minimum Gasteiger partial charge on any atom is -0.432 e. The van der Waals surface area contributed by atoms with Gasteiger partial charge in [-0.15, -0.1) is 0 Å². The van der Waals surface area contributed by atoms with Crippen molar-refractivity contribution >= 4 is 5.97 Å². The fourth-order valence-corrected chi connectivity index (χ4v) is 0.594. The Morgan fingerprint density at radius 2 is 1.92 bits per heavy atom. The number of hydrogen-bond donors (Lipinski definition) is 0. The first-order valence-electron chi connectivity index (χ1n) is 3.59. The van der Waals surface area contributed by atoms with Crippen LogP contribution in [0.3, 0.4) is 0 Å². The zero-order valence-electron chi connectivity index (χ0n) is 7.07. The molecule has 0 aromatic carbocycles. The molecule has 4 heteroatoms. The van der Waals surface area contributed by atoms with Gasteiger partial charge in [0.2, 0.25) is 0 Å². The van der Waals surface area contributed by atoms with Crippen LogP contribution in [0.15, 0.2) is 0 Å². The fraction of sp³-hybridized carbons (Fsp3) is 0.625. The van der Waals surface area contributed by atoms with E-state index in [1.54, 1.807) is 12.1 Å². The molecule has 0 radical (unpaired) electrons. The average molecular weight is 166 g/mol. The minimum atomic E-state index is -1.27. The van der Waals surface area contributed by atoms with E-state index in [9.17, 15) is 4.79 Å². The maximum atomic E-state index is 10.9. The van der Waals surface area contributed by atoms with E-state index in [4.69, 9.17) is 10.5 Å². The van der Waals surface area contributed by atoms with Crippen molar-refractivity contribution in [1.82, 2.24) is 0 Å². The summed E-state index contributed by atoms with van der Waals surface area (Å²) < 4.78 is 4.50. The Kier molecular flexibility index (Phi) is 4.48. The summed E-state index contributed by atoms with van der Waals surface area (Å²) >= 11 is 0. The molecule has 0 spiro atoms. The fourth-order valence-electron chi connectivity index (χ4n) is 0.594. The monoisotopic (exact) mass is 166 g/mol. The number of nitrogens with zero attached hydrogens (tertiary/aromatic N) is 2. The third-order valence-electron chi connectivity index (χ3n) is 1.06. The van der Waals surface area contributed by atoms with Crippen molar-refractivity contribution in [2.24, 2.45) is 5.92 Å². The molecule has 0 aromatic heterocycles. The third kappa shape index (κ3) is 4.29. The molecule has 0 amide bonds. The molecule has 4 nitrogen and oxygen atoms in total. The van der Waals surface area contributed by atoms with E-state index in [1.165, 1.54) is 0 Å². The summed E-state index contributed by atoms with van der Waals surface area (Å²) in [5.41, 5.74) is 0. The van der Waals surface area contributed by atoms with Crippen LogP contribution >= 0.6 is 0 Å². The second-order valence-corrected chi connectivity index (χ2v) is 2.73. The van der Waals surface area contributed by atoms with E-state index in [1.807, 2.05) is 13.8 Å². The summed E-state index contributed by atoms with van der Waals surface area (Å²) in [7, 11) is 0. The van der Waals surface area contributed by atoms with E-state index < -0.39 is 12.1 Å². The van der Waals surface area contributed by atoms with Crippen molar-refractivity contribution in [3.63, 3.8) is 0 Å². The molecule has 0 saturated heterocycles. The number of esters is 1. The normalized spacial score (nSPS) is 9.17. The lowest BCUT2D eigenvalue weighted by molar-refractivity contribution is -0.145. The van der Waals surface area contributed by atoms with Crippen LogP contribution in [0.5, 0.6) is 0 Å². The zero-order valence-corrected chi connectivity index (χ0v) is 7.07. The van der Waals surface area contributed by atoms with Crippen molar-refractivity contribution in [2.45, 2.75) is 26.4 Å². The predicted molar refractivity (Wildman–Crippen MR) is 40.6 cm³/mol. The summed E-state index contributed by atoms with van der Waals surface area (Å²) in [6, 6.07) is 3.10. The smallest absolute Gasteiger partial charge is 0.308 e. The van der Waals surface area contributed by atoms with E-state index in [2.05, 4.69) is 4.74 Å². The average Bonchev–Trinajstić information content (AvgIpc) is 1.98. The zero-order chi connectivity index (χ0) is 9.56. The minimum absolute atomic E-state index is 0.176. The van der Waals surface area contributed by atoms with Crippen molar-refractivity contribution in [1.29, 1.82) is 10.5 Å². The van der Waals surface area contributed by atoms with E-state index in [0.717, 1.165) is 0 Å². The van der Waals surface area contributed by atoms with Crippen molar-refractivity contribution < 1.29 is 9.53 Å². The quantitative estimate of drug-likeness (QED) is 0.586. The topological polar surface area (TPSA) is 73.9 Å². The Hall–Kier alpha value is -1.55. The van der Waals surface area contributed by atoms with Gasteiger partial charge in [0.1, 0.15) is 12.1 Å². The van der Waals surface area contributed by atoms with Crippen LogP contribution in [-0.4, -0.2) is 12.1 Å². The number of hydrogen-bond acceptors (Lipinski definition) is 4. The molecule has 12 heavy (non-hydrogen) atoms. The van der Waals surface area contributed by atoms with Crippen molar-refractivity contribution in [3.8, 4) is 12.1 Å². The van der Waals surface area contributed by atoms with Gasteiger partial charge >= 0.3 is 5.97 Å². The maximum absolute atomic E-state index is 10.9. The lowest BCUT2D eigenvalue weighted by atomic mass is 10.1. The van der Waals surface area contributed by atoms with Gasteiger partial charge in [0.05, 0.1) is 0 Å². The SMILES string of the molecule is CC(C)CC(=O)OC(C#N)C#N. The summed E-state index contributed by atoms with van der Waals surface area (Å²) in [5.74, 6) is -0.325. The lowest BCUT2D eigenvalue weighted by Crippen LogP contribution is -2.15. The highest BCUT2D eigenvalue weighted by Gasteiger charge is 2.12. The molecular weight excluding hydrogens is 156 g/mol. The molecule has 0 rings (SSSR count). The molecule has 0 aliphatic carbocycles. The molecule has 0 aromatic rings. The first-order chi connectivity index (χ1) is 5.60. The van der Waals surface area contributed by atoms with Crippen LogP contribution in [0, 0.1) is 28.6 Å². The lowest BCUT2D eigenvalue weighted by Gasteiger charge is -2.05. The number of carbonyl (C=O) groups is 1. The molecule has 0 aliphatic rings. The van der Waals surface area contributed by atoms with Gasteiger partial charge in [0.15, 0.2) is 0 Å². The highest BCUT2D eigenvalue weighted by Crippen LogP contribution is 2.02. The van der Waals surface area contributed by atoms with Crippen molar-refractivity contribution in [2.75, 3.05) is 0 Å². The van der Waals surface area contributed by atoms with E-state index in [-0.39, 0.29) is 12.3 Å². The molecule has 0 atom stereocenters. The van der Waals surface area contributed by atoms with Crippen LogP contribution in [-0.2, 0) is 9.53 Å². The summed E-state index contributed by atoms with van der Waals surface area (Å²) in [4.78, 5) is 10.9. The maximum Gasteiger partial charge on any atom is 0.308 e. The molecule has 64 valence electrons. The van der Waals surface area contributed by atoms with Gasteiger partial charge in [-0.2, -0.15) is 10.5 Å². The van der Waals surface area contributed by atoms with Gasteiger partial charge < -0.3 is 4.74 Å². The van der Waals surface area contributed by atoms with Gasteiger partial charge in [-0.3, -0.25) is 4.79 Å². The molecule has 0 N–H and O–H groups in total. The Bertz CT molecular complexity index is 220. The Morgan fingerprint density at radius 1 is 1.42 bits per heavy atom. The summed E-state index contributed by atoms with van der Waals surface area (Å²) in [5, 5.41) is 16.5. The Morgan fingerprint density at radius 3 is 2.25 bits per heavy atom. The van der Waals surface area contributed by atoms with Crippen LogP contribution in [0.1, 0.15) is 20.3 Å². The largest absolute Gasteiger partial charge is 0.432 e. The molecule has 0 unspecified atom stereocenters. The highest BCUT2D eigenvalue weighted by atomic mass is 16.5. The highest BCUT2D eigenvalue weighted by molar-refractivity contribution is 5.70. The van der Waals surface area contributed by atoms with Crippen LogP contribution < -0.4 is 0 Å². The Balaban J connectivity index is 3.87. The number of rotatable bonds is 3. The first-order valence-corrected chi connectivity index (χ1v) is 3.59. The van der Waals surface area contributed by atoms with Crippen LogP contribution in [0.4, 0.5) is 0 Å². The standard InChI is InChI=1S/C8H10N2O2/c1-6(2)3-8(11)12-7(4-9)5-10/h6-7H,3H2,1-2H3. The van der Waals surface area contributed by atoms with Gasteiger partial charge in [-0.05, 0) is 5.92 Å². The summed E-state index contributed by atoms with van der Waals surface area (Å²) in [6.07, 6.45) is -1.03. The van der Waals surface area contributed by atoms with Crippen molar-refractivity contribution in [3.05, 3.63) is 0 Å². The van der Waals surface area contributed by atoms with Gasteiger partial charge in [0, 0.05) is 6.42 Å². The second kappa shape index (κ2) is 5.15. The molecule has 0 heterocycles. The third-order valence-corrected chi connectivity index (χ3v) is 1.06. The van der Waals surface area contributed by atoms with Crippen LogP contribution in [0.25, 0.3) is 0 Å². The number of carbonyl (C=O) groups excluding carboxylic acids is 1. The second-order valence-electron chi connectivity index (χ2n) is 2.73. The molecule has 0 fully saturated rings. The van der Waals surface area contributed by atoms with E-state index >= 15 is 0 Å². The van der Waals surface area contributed by atoms with Gasteiger partial charge in [0.25, 0.3) is 6.10 Å². The van der Waals surface area contributed by atoms with Gasteiger partial charge in [-0.1, -0.05) is 13.8 Å².